The fourth-order valence-electron chi connectivity index (χ4n) is 2.36. The van der Waals surface area contributed by atoms with Gasteiger partial charge in [0, 0.05) is 24.8 Å². The Kier molecular flexibility index (Phi) is 6.63. The zero-order valence-corrected chi connectivity index (χ0v) is 15.5. The van der Waals surface area contributed by atoms with Gasteiger partial charge in [0.15, 0.2) is 5.11 Å². The zero-order valence-electron chi connectivity index (χ0n) is 14.7. The number of furan rings is 1. The van der Waals surface area contributed by atoms with Gasteiger partial charge in [-0.15, -0.1) is 0 Å². The Balaban J connectivity index is 2.13. The molecule has 0 unspecified atom stereocenters. The molecule has 0 aliphatic heterocycles. The number of methoxy groups -OCH3 is 1. The molecule has 1 N–H and O–H groups in total. The van der Waals surface area contributed by atoms with E-state index < -0.39 is 0 Å². The predicted octanol–water partition coefficient (Wildman–Crippen LogP) is 3.61. The van der Waals surface area contributed by atoms with Gasteiger partial charge < -0.3 is 24.3 Å². The third-order valence-electron chi connectivity index (χ3n) is 3.79. The van der Waals surface area contributed by atoms with Crippen LogP contribution in [-0.4, -0.2) is 49.2 Å². The van der Waals surface area contributed by atoms with Gasteiger partial charge in [0.1, 0.15) is 11.5 Å². The summed E-state index contributed by atoms with van der Waals surface area (Å²) in [7, 11) is 5.75. The second-order valence-electron chi connectivity index (χ2n) is 5.85. The summed E-state index contributed by atoms with van der Waals surface area (Å²) in [5.74, 6) is 1.69. The number of ether oxygens (including phenoxy) is 1. The summed E-state index contributed by atoms with van der Waals surface area (Å²) in [6.07, 6.45) is 1.69. The van der Waals surface area contributed by atoms with Crippen LogP contribution in [0.2, 0.25) is 0 Å². The summed E-state index contributed by atoms with van der Waals surface area (Å²) >= 11 is 5.65. The molecule has 0 aliphatic carbocycles. The third-order valence-corrected chi connectivity index (χ3v) is 4.13. The van der Waals surface area contributed by atoms with E-state index in [1.807, 2.05) is 50.5 Å². The van der Waals surface area contributed by atoms with Crippen molar-refractivity contribution in [2.45, 2.75) is 13.0 Å². The second-order valence-corrected chi connectivity index (χ2v) is 6.24. The number of thiocarbonyl (C=S) groups is 1. The lowest BCUT2D eigenvalue weighted by Gasteiger charge is -2.31. The van der Waals surface area contributed by atoms with E-state index in [9.17, 15) is 0 Å². The molecule has 2 aromatic rings. The molecule has 2 rings (SSSR count). The van der Waals surface area contributed by atoms with E-state index in [0.29, 0.717) is 5.11 Å². The van der Waals surface area contributed by atoms with Crippen LogP contribution in [0.4, 0.5) is 5.69 Å². The third kappa shape index (κ3) is 4.97. The monoisotopic (exact) mass is 347 g/mol. The number of rotatable bonds is 7. The van der Waals surface area contributed by atoms with E-state index in [1.165, 1.54) is 0 Å². The number of hydrogen-bond acceptors (Lipinski definition) is 4. The van der Waals surface area contributed by atoms with Crippen LogP contribution in [-0.2, 0) is 0 Å². The molecule has 1 atom stereocenters. The first-order chi connectivity index (χ1) is 11.5. The number of nitrogens with one attached hydrogen (secondary N) is 1. The average Bonchev–Trinajstić information content (AvgIpc) is 3.09. The van der Waals surface area contributed by atoms with Gasteiger partial charge in [0.2, 0.25) is 0 Å². The second kappa shape index (κ2) is 8.70. The van der Waals surface area contributed by atoms with Crippen molar-refractivity contribution in [2.75, 3.05) is 39.6 Å². The maximum absolute atomic E-state index is 5.65. The van der Waals surface area contributed by atoms with Crippen LogP contribution >= 0.6 is 12.2 Å². The quantitative estimate of drug-likeness (QED) is 0.772. The normalized spacial score (nSPS) is 12.0. The Morgan fingerprint density at radius 3 is 2.67 bits per heavy atom. The van der Waals surface area contributed by atoms with Crippen molar-refractivity contribution in [3.05, 3.63) is 48.4 Å². The molecule has 1 heterocycles. The molecule has 130 valence electrons. The molecule has 5 nitrogen and oxygen atoms in total. The Labute approximate surface area is 149 Å². The predicted molar refractivity (Wildman–Crippen MR) is 102 cm³/mol. The molecule has 0 fully saturated rings. The smallest absolute Gasteiger partial charge is 0.174 e. The zero-order chi connectivity index (χ0) is 17.5. The van der Waals surface area contributed by atoms with E-state index in [-0.39, 0.29) is 6.04 Å². The molecule has 0 radical (unpaired) electrons. The Hall–Kier alpha value is -2.05. The summed E-state index contributed by atoms with van der Waals surface area (Å²) in [6.45, 7) is 3.78. The molecule has 0 saturated heterocycles. The first-order valence-corrected chi connectivity index (χ1v) is 8.32. The number of nitrogens with zero attached hydrogens (tertiary/aromatic N) is 2. The van der Waals surface area contributed by atoms with Crippen LogP contribution < -0.4 is 10.1 Å². The van der Waals surface area contributed by atoms with Crippen LogP contribution in [0.15, 0.2) is 47.1 Å². The van der Waals surface area contributed by atoms with Gasteiger partial charge in [-0.2, -0.15) is 0 Å². The lowest BCUT2D eigenvalue weighted by Crippen LogP contribution is -2.40. The van der Waals surface area contributed by atoms with Gasteiger partial charge in [0.25, 0.3) is 0 Å². The first kappa shape index (κ1) is 18.3. The Bertz CT molecular complexity index is 643. The minimum absolute atomic E-state index is 0.0468. The largest absolute Gasteiger partial charge is 0.497 e. The van der Waals surface area contributed by atoms with Crippen LogP contribution in [0.1, 0.15) is 18.7 Å². The van der Waals surface area contributed by atoms with Crippen molar-refractivity contribution >= 4 is 23.0 Å². The van der Waals surface area contributed by atoms with E-state index in [4.69, 9.17) is 21.4 Å². The number of likely N-dealkylation sites (N-methyl/N-ethyl adjacent to an activating group) is 1. The first-order valence-electron chi connectivity index (χ1n) is 7.91. The van der Waals surface area contributed by atoms with Gasteiger partial charge in [-0.05, 0) is 57.5 Å². The summed E-state index contributed by atoms with van der Waals surface area (Å²) in [6, 6.07) is 11.7. The van der Waals surface area contributed by atoms with Crippen LogP contribution in [0.3, 0.4) is 0 Å². The lowest BCUT2D eigenvalue weighted by molar-refractivity contribution is 0.263. The van der Waals surface area contributed by atoms with Crippen LogP contribution in [0.25, 0.3) is 0 Å². The maximum Gasteiger partial charge on any atom is 0.174 e. The highest BCUT2D eigenvalue weighted by Gasteiger charge is 2.21. The molecule has 0 aliphatic rings. The van der Waals surface area contributed by atoms with Crippen molar-refractivity contribution < 1.29 is 9.15 Å². The van der Waals surface area contributed by atoms with Crippen molar-refractivity contribution in [3.8, 4) is 5.75 Å². The van der Waals surface area contributed by atoms with E-state index in [0.717, 1.165) is 30.3 Å². The molecule has 24 heavy (non-hydrogen) atoms. The molecule has 0 amide bonds. The summed E-state index contributed by atoms with van der Waals surface area (Å²) < 4.78 is 10.8. The van der Waals surface area contributed by atoms with E-state index in [1.54, 1.807) is 13.4 Å². The Morgan fingerprint density at radius 2 is 2.04 bits per heavy atom. The van der Waals surface area contributed by atoms with Gasteiger partial charge in [-0.3, -0.25) is 0 Å². The minimum atomic E-state index is 0.0468. The van der Waals surface area contributed by atoms with Gasteiger partial charge in [-0.1, -0.05) is 6.07 Å². The number of anilines is 1. The number of hydrogen-bond donors (Lipinski definition) is 1. The molecular formula is C18H25N3O2S. The van der Waals surface area contributed by atoms with Gasteiger partial charge in [-0.25, -0.2) is 0 Å². The number of benzene rings is 1. The fourth-order valence-corrected chi connectivity index (χ4v) is 2.72. The summed E-state index contributed by atoms with van der Waals surface area (Å²) in [5.41, 5.74) is 0.904. The van der Waals surface area contributed by atoms with Crippen molar-refractivity contribution in [3.63, 3.8) is 0 Å². The standard InChI is InChI=1S/C18H25N3O2S/c1-14(17-9-6-12-23-17)21(11-10-20(2)3)18(24)19-15-7-5-8-16(13-15)22-4/h5-9,12-14H,10-11H2,1-4H3,(H,19,24)/t14-/m0/s1. The highest BCUT2D eigenvalue weighted by molar-refractivity contribution is 7.80. The minimum Gasteiger partial charge on any atom is -0.497 e. The van der Waals surface area contributed by atoms with Crippen molar-refractivity contribution in [1.29, 1.82) is 0 Å². The summed E-state index contributed by atoms with van der Waals surface area (Å²) in [5, 5.41) is 3.96. The van der Waals surface area contributed by atoms with Gasteiger partial charge >= 0.3 is 0 Å². The van der Waals surface area contributed by atoms with Gasteiger partial charge in [0.05, 0.1) is 19.4 Å². The molecule has 0 spiro atoms. The molecule has 0 saturated carbocycles. The average molecular weight is 347 g/mol. The van der Waals surface area contributed by atoms with Crippen molar-refractivity contribution in [2.24, 2.45) is 0 Å². The maximum atomic E-state index is 5.65. The molecule has 6 heteroatoms. The Morgan fingerprint density at radius 1 is 1.25 bits per heavy atom. The molecule has 1 aromatic heterocycles. The molecule has 1 aromatic carbocycles. The lowest BCUT2D eigenvalue weighted by atomic mass is 10.2. The van der Waals surface area contributed by atoms with Crippen LogP contribution in [0.5, 0.6) is 5.75 Å². The fraction of sp³-hybridized carbons (Fsp3) is 0.389. The SMILES string of the molecule is COc1cccc(NC(=S)N(CCN(C)C)[C@@H](C)c2ccco2)c1. The van der Waals surface area contributed by atoms with E-state index in [2.05, 4.69) is 22.0 Å². The topological polar surface area (TPSA) is 40.9 Å². The molecule has 0 bridgehead atoms. The highest BCUT2D eigenvalue weighted by Crippen LogP contribution is 2.23. The highest BCUT2D eigenvalue weighted by atomic mass is 32.1. The van der Waals surface area contributed by atoms with Crippen molar-refractivity contribution in [1.82, 2.24) is 9.80 Å². The van der Waals surface area contributed by atoms with E-state index >= 15 is 0 Å². The summed E-state index contributed by atoms with van der Waals surface area (Å²) in [4.78, 5) is 4.27. The van der Waals surface area contributed by atoms with Crippen LogP contribution in [0, 0.1) is 0 Å². The molecular weight excluding hydrogens is 322 g/mol.